The number of amides is 2. The second-order valence-corrected chi connectivity index (χ2v) is 8.72. The third kappa shape index (κ3) is 5.40. The lowest BCUT2D eigenvalue weighted by Gasteiger charge is -2.27. The molecule has 0 radical (unpaired) electrons. The van der Waals surface area contributed by atoms with Crippen molar-refractivity contribution in [3.63, 3.8) is 0 Å². The maximum atomic E-state index is 12.3. The fraction of sp³-hybridized carbons (Fsp3) is 0.476. The largest absolute Gasteiger partial charge is 0.393 e. The van der Waals surface area contributed by atoms with Gasteiger partial charge in [0.05, 0.1) is 10.6 Å². The van der Waals surface area contributed by atoms with Crippen molar-refractivity contribution in [1.82, 2.24) is 14.9 Å². The van der Waals surface area contributed by atoms with Crippen molar-refractivity contribution >= 4 is 45.1 Å². The number of hydrogen-bond donors (Lipinski definition) is 4. The fourth-order valence-corrected chi connectivity index (χ4v) is 4.17. The van der Waals surface area contributed by atoms with Gasteiger partial charge >= 0.3 is 6.03 Å². The van der Waals surface area contributed by atoms with E-state index in [9.17, 15) is 9.90 Å². The molecule has 1 aliphatic carbocycles. The molecule has 0 atom stereocenters. The summed E-state index contributed by atoms with van der Waals surface area (Å²) in [7, 11) is 0. The van der Waals surface area contributed by atoms with Crippen molar-refractivity contribution in [2.45, 2.75) is 50.7 Å². The van der Waals surface area contributed by atoms with Crippen molar-refractivity contribution in [3.05, 3.63) is 34.9 Å². The lowest BCUT2D eigenvalue weighted by Crippen LogP contribution is -2.32. The Hall–Kier alpha value is -2.39. The Balaban J connectivity index is 1.40. The van der Waals surface area contributed by atoms with Gasteiger partial charge in [0.2, 0.25) is 5.95 Å². The summed E-state index contributed by atoms with van der Waals surface area (Å²) in [6.45, 7) is 1.62. The van der Waals surface area contributed by atoms with Gasteiger partial charge in [-0.05, 0) is 72.7 Å². The smallest absolute Gasteiger partial charge is 0.321 e. The maximum Gasteiger partial charge on any atom is 0.321 e. The summed E-state index contributed by atoms with van der Waals surface area (Å²) >= 11 is 3.51. The molecule has 8 nitrogen and oxygen atoms in total. The van der Waals surface area contributed by atoms with E-state index in [1.807, 2.05) is 29.2 Å². The second kappa shape index (κ2) is 9.61. The third-order valence-corrected chi connectivity index (χ3v) is 6.13. The minimum absolute atomic E-state index is 0.0615. The van der Waals surface area contributed by atoms with Crippen LogP contribution in [0.15, 0.2) is 34.9 Å². The van der Waals surface area contributed by atoms with E-state index >= 15 is 0 Å². The van der Waals surface area contributed by atoms with Gasteiger partial charge in [0.25, 0.3) is 0 Å². The summed E-state index contributed by atoms with van der Waals surface area (Å²) in [5.74, 6) is 1.20. The standard InChI is InChI=1S/C21H27BrN6O2/c22-18-13-23-20(27-19(18)24-14-6-8-17(29)9-7-14)25-15-4-3-5-16(12-15)26-21(30)28-10-1-2-11-28/h3-5,12-14,17,29H,1-2,6-11H2,(H,26,30)(H2,23,24,25,27)/t14-,17-. The Labute approximate surface area is 184 Å². The van der Waals surface area contributed by atoms with Crippen molar-refractivity contribution < 1.29 is 9.90 Å². The molecule has 0 bridgehead atoms. The molecule has 2 amide bonds. The van der Waals surface area contributed by atoms with Crippen molar-refractivity contribution in [2.24, 2.45) is 0 Å². The number of aliphatic hydroxyl groups excluding tert-OH is 1. The predicted molar refractivity (Wildman–Crippen MR) is 121 cm³/mol. The van der Waals surface area contributed by atoms with Gasteiger partial charge in [-0.2, -0.15) is 4.98 Å². The van der Waals surface area contributed by atoms with Crippen LogP contribution in [0.25, 0.3) is 0 Å². The molecule has 2 aliphatic rings. The average molecular weight is 475 g/mol. The first-order chi connectivity index (χ1) is 14.6. The summed E-state index contributed by atoms with van der Waals surface area (Å²) in [6.07, 6.45) is 7.10. The van der Waals surface area contributed by atoms with Gasteiger partial charge in [0.1, 0.15) is 5.82 Å². The Morgan fingerprint density at radius 1 is 1.13 bits per heavy atom. The molecule has 1 aromatic heterocycles. The zero-order chi connectivity index (χ0) is 20.9. The van der Waals surface area contributed by atoms with Crippen LogP contribution in [-0.2, 0) is 0 Å². The van der Waals surface area contributed by atoms with E-state index in [0.717, 1.165) is 73.3 Å². The monoisotopic (exact) mass is 474 g/mol. The highest BCUT2D eigenvalue weighted by Crippen LogP contribution is 2.27. The number of rotatable bonds is 5. The van der Waals surface area contributed by atoms with Crippen LogP contribution in [0, 0.1) is 0 Å². The number of urea groups is 1. The molecule has 30 heavy (non-hydrogen) atoms. The number of likely N-dealkylation sites (tertiary alicyclic amines) is 1. The van der Waals surface area contributed by atoms with E-state index < -0.39 is 0 Å². The number of benzene rings is 1. The van der Waals surface area contributed by atoms with Crippen LogP contribution >= 0.6 is 15.9 Å². The van der Waals surface area contributed by atoms with Crippen LogP contribution in [-0.4, -0.2) is 51.2 Å². The van der Waals surface area contributed by atoms with Gasteiger partial charge in [-0.25, -0.2) is 9.78 Å². The van der Waals surface area contributed by atoms with Gasteiger partial charge < -0.3 is 26.0 Å². The average Bonchev–Trinajstić information content (AvgIpc) is 3.28. The van der Waals surface area contributed by atoms with Gasteiger partial charge in [-0.3, -0.25) is 0 Å². The molecule has 2 aromatic rings. The highest BCUT2D eigenvalue weighted by molar-refractivity contribution is 9.10. The van der Waals surface area contributed by atoms with E-state index in [0.29, 0.717) is 5.95 Å². The Morgan fingerprint density at radius 3 is 2.63 bits per heavy atom. The first-order valence-corrected chi connectivity index (χ1v) is 11.3. The molecule has 1 aromatic carbocycles. The topological polar surface area (TPSA) is 102 Å². The fourth-order valence-electron chi connectivity index (χ4n) is 3.87. The molecule has 1 aliphatic heterocycles. The summed E-state index contributed by atoms with van der Waals surface area (Å²) in [5, 5.41) is 19.3. The van der Waals surface area contributed by atoms with Crippen LogP contribution in [0.3, 0.4) is 0 Å². The van der Waals surface area contributed by atoms with E-state index in [1.54, 1.807) is 6.20 Å². The number of aromatic nitrogens is 2. The molecule has 4 N–H and O–H groups in total. The maximum absolute atomic E-state index is 12.3. The molecule has 9 heteroatoms. The molecule has 2 fully saturated rings. The highest BCUT2D eigenvalue weighted by Gasteiger charge is 2.21. The number of hydrogen-bond acceptors (Lipinski definition) is 6. The van der Waals surface area contributed by atoms with E-state index in [4.69, 9.17) is 0 Å². The molecular formula is C21H27BrN6O2. The van der Waals surface area contributed by atoms with Crippen LogP contribution in [0.5, 0.6) is 0 Å². The van der Waals surface area contributed by atoms with Crippen LogP contribution in [0.1, 0.15) is 38.5 Å². The molecule has 1 saturated carbocycles. The molecule has 0 unspecified atom stereocenters. The second-order valence-electron chi connectivity index (χ2n) is 7.87. The Morgan fingerprint density at radius 2 is 1.87 bits per heavy atom. The minimum Gasteiger partial charge on any atom is -0.393 e. The normalized spacial score (nSPS) is 21.3. The number of aliphatic hydroxyl groups is 1. The lowest BCUT2D eigenvalue weighted by atomic mass is 9.93. The van der Waals surface area contributed by atoms with Crippen LogP contribution < -0.4 is 16.0 Å². The summed E-state index contributed by atoms with van der Waals surface area (Å²) in [6, 6.07) is 7.76. The molecular weight excluding hydrogens is 448 g/mol. The summed E-state index contributed by atoms with van der Waals surface area (Å²) in [5.41, 5.74) is 1.52. The first-order valence-electron chi connectivity index (χ1n) is 10.5. The van der Waals surface area contributed by atoms with Crippen molar-refractivity contribution in [3.8, 4) is 0 Å². The van der Waals surface area contributed by atoms with Gasteiger partial charge in [0, 0.05) is 36.7 Å². The van der Waals surface area contributed by atoms with Crippen LogP contribution in [0.4, 0.5) is 27.9 Å². The summed E-state index contributed by atoms with van der Waals surface area (Å²) in [4.78, 5) is 23.1. The predicted octanol–water partition coefficient (Wildman–Crippen LogP) is 4.33. The van der Waals surface area contributed by atoms with Gasteiger partial charge in [-0.15, -0.1) is 0 Å². The number of nitrogens with zero attached hydrogens (tertiary/aromatic N) is 3. The Bertz CT molecular complexity index is 882. The van der Waals surface area contributed by atoms with Gasteiger partial charge in [0.15, 0.2) is 0 Å². The van der Waals surface area contributed by atoms with E-state index in [-0.39, 0.29) is 18.2 Å². The quantitative estimate of drug-likeness (QED) is 0.514. The van der Waals surface area contributed by atoms with E-state index in [2.05, 4.69) is 41.8 Å². The number of carbonyl (C=O) groups excluding carboxylic acids is 1. The lowest BCUT2D eigenvalue weighted by molar-refractivity contribution is 0.126. The number of anilines is 4. The minimum atomic E-state index is -0.188. The van der Waals surface area contributed by atoms with Gasteiger partial charge in [-0.1, -0.05) is 6.07 Å². The van der Waals surface area contributed by atoms with E-state index in [1.165, 1.54) is 0 Å². The molecule has 2 heterocycles. The Kier molecular flexibility index (Phi) is 6.69. The number of nitrogens with one attached hydrogen (secondary N) is 3. The third-order valence-electron chi connectivity index (χ3n) is 5.54. The zero-order valence-electron chi connectivity index (χ0n) is 16.8. The molecule has 1 saturated heterocycles. The van der Waals surface area contributed by atoms with Crippen molar-refractivity contribution in [1.29, 1.82) is 0 Å². The van der Waals surface area contributed by atoms with Crippen molar-refractivity contribution in [2.75, 3.05) is 29.0 Å². The molecule has 0 spiro atoms. The number of halogens is 1. The van der Waals surface area contributed by atoms with Crippen LogP contribution in [0.2, 0.25) is 0 Å². The zero-order valence-corrected chi connectivity index (χ0v) is 18.4. The molecule has 4 rings (SSSR count). The SMILES string of the molecule is O=C(Nc1cccc(Nc2ncc(Br)c(N[C@H]3CC[C@H](O)CC3)n2)c1)N1CCCC1. The molecule has 160 valence electrons. The number of carbonyl (C=O) groups is 1. The summed E-state index contributed by atoms with van der Waals surface area (Å²) < 4.78 is 0.797. The first kappa shape index (κ1) is 20.9. The highest BCUT2D eigenvalue weighted by atomic mass is 79.9.